The van der Waals surface area contributed by atoms with Gasteiger partial charge in [0.2, 0.25) is 0 Å². The average molecular weight is 694 g/mol. The number of carbonyl (C=O) groups is 2. The molecule has 0 amide bonds. The molecule has 1 aliphatic carbocycles. The number of carbonyl (C=O) groups excluding carboxylic acids is 2. The van der Waals surface area contributed by atoms with Crippen molar-refractivity contribution >= 4 is 68.1 Å². The molecule has 0 aromatic heterocycles. The summed E-state index contributed by atoms with van der Waals surface area (Å²) in [5.41, 5.74) is 10.0. The highest BCUT2D eigenvalue weighted by atomic mass is 79.9. The van der Waals surface area contributed by atoms with Gasteiger partial charge in [-0.1, -0.05) is 66.7 Å². The molecule has 0 spiro atoms. The maximum absolute atomic E-state index is 12.4. The Kier molecular flexibility index (Phi) is 14.6. The summed E-state index contributed by atoms with van der Waals surface area (Å²) in [5.74, 6) is -0.663. The molecule has 43 heavy (non-hydrogen) atoms. The summed E-state index contributed by atoms with van der Waals surface area (Å²) in [7, 11) is 2.12. The molecule has 0 heterocycles. The van der Waals surface area contributed by atoms with Gasteiger partial charge < -0.3 is 20.5 Å². The fraction of sp³-hybridized carbons (Fsp3) is 0.394. The Morgan fingerprint density at radius 3 is 2.21 bits per heavy atom. The van der Waals surface area contributed by atoms with E-state index in [1.807, 2.05) is 42.5 Å². The molecule has 3 aromatic carbocycles. The minimum atomic E-state index is -0.366. The highest BCUT2D eigenvalue weighted by Crippen LogP contribution is 2.32. The van der Waals surface area contributed by atoms with E-state index in [4.69, 9.17) is 38.4 Å². The lowest BCUT2D eigenvalue weighted by molar-refractivity contribution is -0.141. The van der Waals surface area contributed by atoms with Crippen molar-refractivity contribution in [3.05, 3.63) is 86.3 Å². The second kappa shape index (κ2) is 18.1. The first-order chi connectivity index (χ1) is 20.7. The molecule has 3 aromatic rings. The number of unbranched alkanes of at least 4 members (excludes halogenated alkanes) is 1. The number of nitrogens with zero attached hydrogens (tertiary/aromatic N) is 1. The van der Waals surface area contributed by atoms with Crippen molar-refractivity contribution in [2.24, 2.45) is 0 Å². The Balaban J connectivity index is 0.000000282. The minimum absolute atomic E-state index is 0.291. The number of halogens is 3. The second-order valence-electron chi connectivity index (χ2n) is 10.5. The number of nitrogens with two attached hydrogens (primary N) is 1. The first-order valence-corrected chi connectivity index (χ1v) is 16.0. The van der Waals surface area contributed by atoms with Crippen molar-refractivity contribution in [1.29, 1.82) is 0 Å². The lowest BCUT2D eigenvalue weighted by atomic mass is 9.94. The number of anilines is 3. The van der Waals surface area contributed by atoms with Crippen molar-refractivity contribution in [2.75, 3.05) is 31.3 Å². The number of rotatable bonds is 11. The molecule has 1 aliphatic rings. The maximum Gasteiger partial charge on any atom is 0.338 e. The summed E-state index contributed by atoms with van der Waals surface area (Å²) in [6.45, 7) is 2.72. The summed E-state index contributed by atoms with van der Waals surface area (Å²) in [4.78, 5) is 25.5. The molecule has 0 saturated heterocycles. The van der Waals surface area contributed by atoms with Gasteiger partial charge in [-0.3, -0.25) is 9.69 Å². The number of hydrogen-bond donors (Lipinski definition) is 2. The van der Waals surface area contributed by atoms with Crippen LogP contribution in [0.2, 0.25) is 10.0 Å². The van der Waals surface area contributed by atoms with Crippen LogP contribution >= 0.6 is 39.1 Å². The first kappa shape index (κ1) is 34.7. The fourth-order valence-corrected chi connectivity index (χ4v) is 5.79. The summed E-state index contributed by atoms with van der Waals surface area (Å²) < 4.78 is 10.9. The third kappa shape index (κ3) is 11.7. The molecule has 1 saturated carbocycles. The second-order valence-corrected chi connectivity index (χ2v) is 12.2. The lowest BCUT2D eigenvalue weighted by Crippen LogP contribution is -2.33. The van der Waals surface area contributed by atoms with Gasteiger partial charge in [-0.05, 0) is 90.6 Å². The topological polar surface area (TPSA) is 93.9 Å². The Bertz CT molecular complexity index is 1320. The zero-order valence-corrected chi connectivity index (χ0v) is 27.8. The standard InChI is InChI=1S/C21H31BrN2O4.C12H9Cl2N/c1-15(25)27-10-6-7-11-28-21(26)16-12-17(20(23)19(22)13-16)14-24(2)18-8-4-3-5-9-18;13-10-7-4-8-11(14)12(10)15-9-5-2-1-3-6-9/h12-13,18H,3-11,14,23H2,1-2H3;1-8,15H. The third-order valence-corrected chi connectivity index (χ3v) is 8.44. The highest BCUT2D eigenvalue weighted by molar-refractivity contribution is 9.10. The van der Waals surface area contributed by atoms with Crippen molar-refractivity contribution in [3.63, 3.8) is 0 Å². The van der Waals surface area contributed by atoms with Crippen LogP contribution in [0.4, 0.5) is 17.1 Å². The molecule has 232 valence electrons. The molecule has 0 unspecified atom stereocenters. The molecule has 10 heteroatoms. The number of para-hydroxylation sites is 2. The van der Waals surface area contributed by atoms with Crippen LogP contribution in [0.1, 0.15) is 67.8 Å². The van der Waals surface area contributed by atoms with Crippen LogP contribution in [0.15, 0.2) is 65.1 Å². The molecule has 0 aliphatic heterocycles. The number of nitrogen functional groups attached to an aromatic ring is 1. The van der Waals surface area contributed by atoms with Crippen LogP contribution in [0.5, 0.6) is 0 Å². The van der Waals surface area contributed by atoms with E-state index in [0.717, 1.165) is 16.9 Å². The molecular formula is C33H40BrCl2N3O4. The van der Waals surface area contributed by atoms with Crippen molar-refractivity contribution in [1.82, 2.24) is 4.90 Å². The van der Waals surface area contributed by atoms with Gasteiger partial charge in [0, 0.05) is 29.7 Å². The SMILES string of the molecule is CC(=O)OCCCCOC(=O)c1cc(Br)c(N)c(CN(C)C2CCCCC2)c1.Clc1cccc(Cl)c1Nc1ccccc1. The molecular weight excluding hydrogens is 653 g/mol. The third-order valence-electron chi connectivity index (χ3n) is 7.15. The van der Waals surface area contributed by atoms with E-state index in [-0.39, 0.29) is 11.9 Å². The molecule has 0 atom stereocenters. The summed E-state index contributed by atoms with van der Waals surface area (Å²) in [6, 6.07) is 19.3. The van der Waals surface area contributed by atoms with Gasteiger partial charge in [-0.25, -0.2) is 4.79 Å². The van der Waals surface area contributed by atoms with Crippen LogP contribution in [-0.4, -0.2) is 43.1 Å². The van der Waals surface area contributed by atoms with Gasteiger partial charge in [0.05, 0.1) is 40.2 Å². The summed E-state index contributed by atoms with van der Waals surface area (Å²) in [6.07, 6.45) is 7.61. The maximum atomic E-state index is 12.4. The number of hydrogen-bond acceptors (Lipinski definition) is 7. The van der Waals surface area contributed by atoms with Gasteiger partial charge in [-0.2, -0.15) is 0 Å². The zero-order valence-electron chi connectivity index (χ0n) is 24.7. The van der Waals surface area contributed by atoms with Crippen LogP contribution in [0.25, 0.3) is 0 Å². The smallest absolute Gasteiger partial charge is 0.338 e. The van der Waals surface area contributed by atoms with E-state index in [1.165, 1.54) is 39.0 Å². The van der Waals surface area contributed by atoms with E-state index in [9.17, 15) is 9.59 Å². The first-order valence-electron chi connectivity index (χ1n) is 14.5. The van der Waals surface area contributed by atoms with Crippen molar-refractivity contribution in [2.45, 2.75) is 64.5 Å². The summed E-state index contributed by atoms with van der Waals surface area (Å²) in [5, 5.41) is 4.41. The van der Waals surface area contributed by atoms with Crippen LogP contribution < -0.4 is 11.1 Å². The van der Waals surface area contributed by atoms with Gasteiger partial charge >= 0.3 is 11.9 Å². The van der Waals surface area contributed by atoms with Gasteiger partial charge in [0.1, 0.15) is 0 Å². The van der Waals surface area contributed by atoms with Gasteiger partial charge in [0.25, 0.3) is 0 Å². The number of ether oxygens (including phenoxy) is 2. The van der Waals surface area contributed by atoms with Crippen molar-refractivity contribution < 1.29 is 19.1 Å². The largest absolute Gasteiger partial charge is 0.466 e. The monoisotopic (exact) mass is 691 g/mol. The van der Waals surface area contributed by atoms with Crippen LogP contribution in [0.3, 0.4) is 0 Å². The Morgan fingerprint density at radius 2 is 1.58 bits per heavy atom. The normalized spacial score (nSPS) is 13.2. The zero-order chi connectivity index (χ0) is 31.2. The molecule has 3 N–H and O–H groups in total. The van der Waals surface area contributed by atoms with E-state index in [1.54, 1.807) is 18.2 Å². The highest BCUT2D eigenvalue weighted by Gasteiger charge is 2.20. The van der Waals surface area contributed by atoms with Crippen molar-refractivity contribution in [3.8, 4) is 0 Å². The molecule has 4 rings (SSSR count). The quantitative estimate of drug-likeness (QED) is 0.118. The van der Waals surface area contributed by atoms with E-state index >= 15 is 0 Å². The molecule has 1 fully saturated rings. The molecule has 0 radical (unpaired) electrons. The van der Waals surface area contributed by atoms with Gasteiger partial charge in [0.15, 0.2) is 0 Å². The van der Waals surface area contributed by atoms with Crippen LogP contribution in [0, 0.1) is 0 Å². The Hall–Kier alpha value is -2.78. The fourth-order valence-electron chi connectivity index (χ4n) is 4.79. The van der Waals surface area contributed by atoms with E-state index in [2.05, 4.69) is 33.2 Å². The predicted molar refractivity (Wildman–Crippen MR) is 179 cm³/mol. The Labute approximate surface area is 273 Å². The lowest BCUT2D eigenvalue weighted by Gasteiger charge is -2.31. The Morgan fingerprint density at radius 1 is 0.953 bits per heavy atom. The predicted octanol–water partition coefficient (Wildman–Crippen LogP) is 9.03. The molecule has 7 nitrogen and oxygen atoms in total. The summed E-state index contributed by atoms with van der Waals surface area (Å²) >= 11 is 15.5. The number of nitrogens with one attached hydrogen (secondary N) is 1. The van der Waals surface area contributed by atoms with E-state index < -0.39 is 0 Å². The van der Waals surface area contributed by atoms with E-state index in [0.29, 0.717) is 64.4 Å². The van der Waals surface area contributed by atoms with Gasteiger partial charge in [-0.15, -0.1) is 0 Å². The number of benzene rings is 3. The number of esters is 2. The van der Waals surface area contributed by atoms with Crippen LogP contribution in [-0.2, 0) is 20.8 Å². The molecule has 0 bridgehead atoms. The average Bonchev–Trinajstić information content (AvgIpc) is 3.00. The minimum Gasteiger partial charge on any atom is -0.466 e.